The van der Waals surface area contributed by atoms with Crippen LogP contribution >= 0.6 is 0 Å². The summed E-state index contributed by atoms with van der Waals surface area (Å²) in [6.07, 6.45) is 0. The van der Waals surface area contributed by atoms with E-state index in [1.54, 1.807) is 0 Å². The van der Waals surface area contributed by atoms with E-state index in [9.17, 15) is 4.79 Å². The molecule has 5 heteroatoms. The lowest BCUT2D eigenvalue weighted by atomic mass is 10.1. The van der Waals surface area contributed by atoms with Gasteiger partial charge in [0.1, 0.15) is 0 Å². The minimum absolute atomic E-state index is 0.163. The Kier molecular flexibility index (Phi) is 4.04. The molecule has 0 fully saturated rings. The average Bonchev–Trinajstić information content (AvgIpc) is 2.86. The highest BCUT2D eigenvalue weighted by Crippen LogP contribution is 2.35. The number of methoxy groups -OCH3 is 1. The van der Waals surface area contributed by atoms with Gasteiger partial charge in [0, 0.05) is 18.7 Å². The van der Waals surface area contributed by atoms with Gasteiger partial charge < -0.3 is 19.5 Å². The third-order valence-corrected chi connectivity index (χ3v) is 2.85. The van der Waals surface area contributed by atoms with Crippen LogP contribution < -0.4 is 14.8 Å². The highest BCUT2D eigenvalue weighted by molar-refractivity contribution is 5.72. The molecule has 18 heavy (non-hydrogen) atoms. The van der Waals surface area contributed by atoms with E-state index in [-0.39, 0.29) is 18.7 Å². The quantitative estimate of drug-likeness (QED) is 0.800. The minimum atomic E-state index is -0.208. The van der Waals surface area contributed by atoms with Crippen LogP contribution in [0.1, 0.15) is 12.5 Å². The standard InChI is InChI=1S/C13H17NO4/c1-9(13(15)16-2)6-14-7-10-4-3-5-11-12(10)18-8-17-11/h3-5,9,14H,6-8H2,1-2H3. The Morgan fingerprint density at radius 2 is 2.33 bits per heavy atom. The van der Waals surface area contributed by atoms with Gasteiger partial charge in [0.15, 0.2) is 11.5 Å². The van der Waals surface area contributed by atoms with Crippen LogP contribution in [-0.4, -0.2) is 26.4 Å². The van der Waals surface area contributed by atoms with Gasteiger partial charge in [-0.05, 0) is 6.07 Å². The summed E-state index contributed by atoms with van der Waals surface area (Å²) >= 11 is 0. The summed E-state index contributed by atoms with van der Waals surface area (Å²) in [6, 6.07) is 5.78. The molecular weight excluding hydrogens is 234 g/mol. The maximum absolute atomic E-state index is 11.2. The Bertz CT molecular complexity index is 433. The maximum Gasteiger partial charge on any atom is 0.309 e. The number of hydrogen-bond donors (Lipinski definition) is 1. The van der Waals surface area contributed by atoms with Crippen LogP contribution in [0.15, 0.2) is 18.2 Å². The second-order valence-electron chi connectivity index (χ2n) is 4.21. The highest BCUT2D eigenvalue weighted by atomic mass is 16.7. The van der Waals surface area contributed by atoms with Crippen LogP contribution in [0.3, 0.4) is 0 Å². The van der Waals surface area contributed by atoms with Gasteiger partial charge in [0.25, 0.3) is 0 Å². The van der Waals surface area contributed by atoms with Crippen molar-refractivity contribution in [3.63, 3.8) is 0 Å². The van der Waals surface area contributed by atoms with E-state index < -0.39 is 0 Å². The van der Waals surface area contributed by atoms with Crippen LogP contribution in [0.2, 0.25) is 0 Å². The molecule has 0 saturated heterocycles. The summed E-state index contributed by atoms with van der Waals surface area (Å²) in [4.78, 5) is 11.2. The van der Waals surface area contributed by atoms with Crippen molar-refractivity contribution in [1.82, 2.24) is 5.32 Å². The Labute approximate surface area is 106 Å². The molecule has 1 aromatic carbocycles. The molecule has 1 aliphatic rings. The monoisotopic (exact) mass is 251 g/mol. The van der Waals surface area contributed by atoms with Crippen molar-refractivity contribution in [3.8, 4) is 11.5 Å². The van der Waals surface area contributed by atoms with E-state index in [2.05, 4.69) is 10.1 Å². The first-order valence-corrected chi connectivity index (χ1v) is 5.88. The molecule has 0 radical (unpaired) electrons. The maximum atomic E-state index is 11.2. The van der Waals surface area contributed by atoms with Crippen LogP contribution in [0.5, 0.6) is 11.5 Å². The second-order valence-corrected chi connectivity index (χ2v) is 4.21. The van der Waals surface area contributed by atoms with Crippen molar-refractivity contribution < 1.29 is 19.0 Å². The fourth-order valence-electron chi connectivity index (χ4n) is 1.84. The first kappa shape index (κ1) is 12.7. The number of para-hydroxylation sites is 1. The van der Waals surface area contributed by atoms with Gasteiger partial charge in [-0.15, -0.1) is 0 Å². The topological polar surface area (TPSA) is 56.8 Å². The second kappa shape index (κ2) is 5.73. The number of benzene rings is 1. The van der Waals surface area contributed by atoms with E-state index in [1.165, 1.54) is 7.11 Å². The first-order chi connectivity index (χ1) is 8.72. The molecule has 1 unspecified atom stereocenters. The fraction of sp³-hybridized carbons (Fsp3) is 0.462. The number of carbonyl (C=O) groups excluding carboxylic acids is 1. The molecular formula is C13H17NO4. The zero-order chi connectivity index (χ0) is 13.0. The molecule has 1 atom stereocenters. The van der Waals surface area contributed by atoms with Crippen molar-refractivity contribution in [2.24, 2.45) is 5.92 Å². The molecule has 0 bridgehead atoms. The van der Waals surface area contributed by atoms with Crippen molar-refractivity contribution in [2.75, 3.05) is 20.4 Å². The molecule has 0 aliphatic carbocycles. The molecule has 1 aromatic rings. The number of esters is 1. The van der Waals surface area contributed by atoms with E-state index in [0.717, 1.165) is 17.1 Å². The average molecular weight is 251 g/mol. The molecule has 1 aliphatic heterocycles. The van der Waals surface area contributed by atoms with Gasteiger partial charge in [-0.3, -0.25) is 4.79 Å². The summed E-state index contributed by atoms with van der Waals surface area (Å²) in [6.45, 7) is 3.30. The number of hydrogen-bond acceptors (Lipinski definition) is 5. The Hall–Kier alpha value is -1.75. The summed E-state index contributed by atoms with van der Waals surface area (Å²) in [7, 11) is 1.40. The SMILES string of the molecule is COC(=O)C(C)CNCc1cccc2c1OCO2. The lowest BCUT2D eigenvalue weighted by Crippen LogP contribution is -2.27. The number of ether oxygens (including phenoxy) is 3. The van der Waals surface area contributed by atoms with Gasteiger partial charge in [0.2, 0.25) is 6.79 Å². The lowest BCUT2D eigenvalue weighted by molar-refractivity contribution is -0.144. The van der Waals surface area contributed by atoms with Gasteiger partial charge in [-0.1, -0.05) is 19.1 Å². The largest absolute Gasteiger partial charge is 0.469 e. The molecule has 1 N–H and O–H groups in total. The predicted molar refractivity (Wildman–Crippen MR) is 65.5 cm³/mol. The molecule has 0 spiro atoms. The molecule has 98 valence electrons. The van der Waals surface area contributed by atoms with Gasteiger partial charge in [-0.25, -0.2) is 0 Å². The van der Waals surface area contributed by atoms with Crippen molar-refractivity contribution >= 4 is 5.97 Å². The number of rotatable bonds is 5. The van der Waals surface area contributed by atoms with Gasteiger partial charge in [-0.2, -0.15) is 0 Å². The number of nitrogens with one attached hydrogen (secondary N) is 1. The van der Waals surface area contributed by atoms with Crippen molar-refractivity contribution in [1.29, 1.82) is 0 Å². The Morgan fingerprint density at radius 1 is 1.50 bits per heavy atom. The molecule has 0 amide bonds. The normalized spacial score (nSPS) is 14.3. The third-order valence-electron chi connectivity index (χ3n) is 2.85. The molecule has 0 aromatic heterocycles. The zero-order valence-corrected chi connectivity index (χ0v) is 10.6. The third kappa shape index (κ3) is 2.73. The van der Waals surface area contributed by atoms with Crippen molar-refractivity contribution in [2.45, 2.75) is 13.5 Å². The first-order valence-electron chi connectivity index (χ1n) is 5.88. The predicted octanol–water partition coefficient (Wildman–Crippen LogP) is 1.31. The van der Waals surface area contributed by atoms with E-state index in [4.69, 9.17) is 9.47 Å². The highest BCUT2D eigenvalue weighted by Gasteiger charge is 2.17. The summed E-state index contributed by atoms with van der Waals surface area (Å²) in [5, 5.41) is 3.21. The fourth-order valence-corrected chi connectivity index (χ4v) is 1.84. The number of fused-ring (bicyclic) bond motifs is 1. The van der Waals surface area contributed by atoms with E-state index >= 15 is 0 Å². The molecule has 5 nitrogen and oxygen atoms in total. The van der Waals surface area contributed by atoms with Gasteiger partial charge in [0.05, 0.1) is 13.0 Å². The lowest BCUT2D eigenvalue weighted by Gasteiger charge is -2.11. The Morgan fingerprint density at radius 3 is 3.11 bits per heavy atom. The van der Waals surface area contributed by atoms with Crippen molar-refractivity contribution in [3.05, 3.63) is 23.8 Å². The zero-order valence-electron chi connectivity index (χ0n) is 10.6. The van der Waals surface area contributed by atoms with Gasteiger partial charge >= 0.3 is 5.97 Å². The molecule has 0 saturated carbocycles. The minimum Gasteiger partial charge on any atom is -0.469 e. The summed E-state index contributed by atoms with van der Waals surface area (Å²) in [5.41, 5.74) is 1.03. The Balaban J connectivity index is 1.88. The smallest absolute Gasteiger partial charge is 0.309 e. The van der Waals surface area contributed by atoms with Crippen LogP contribution in [-0.2, 0) is 16.1 Å². The molecule has 1 heterocycles. The van der Waals surface area contributed by atoms with E-state index in [0.29, 0.717) is 13.1 Å². The number of carbonyl (C=O) groups is 1. The van der Waals surface area contributed by atoms with E-state index in [1.807, 2.05) is 25.1 Å². The van der Waals surface area contributed by atoms with Crippen LogP contribution in [0.25, 0.3) is 0 Å². The van der Waals surface area contributed by atoms with Crippen LogP contribution in [0, 0.1) is 5.92 Å². The van der Waals surface area contributed by atoms with Crippen LogP contribution in [0.4, 0.5) is 0 Å². The molecule has 2 rings (SSSR count). The summed E-state index contributed by atoms with van der Waals surface area (Å²) in [5.74, 6) is 1.19. The summed E-state index contributed by atoms with van der Waals surface area (Å²) < 4.78 is 15.4.